The molecule has 0 aliphatic heterocycles. The number of rotatable bonds is 4. The summed E-state index contributed by atoms with van der Waals surface area (Å²) in [5.74, 6) is 0.0514. The molecule has 1 atom stereocenters. The van der Waals surface area contributed by atoms with Crippen LogP contribution >= 0.6 is 0 Å². The SMILES string of the molecule is C=C(C)C(=C(C)C)C(c1ccc(C)cc1N)c1c(C)ncc(C)c1C. The zero-order valence-corrected chi connectivity index (χ0v) is 16.6. The Kier molecular flexibility index (Phi) is 5.52. The molecule has 0 bridgehead atoms. The Morgan fingerprint density at radius 3 is 2.24 bits per heavy atom. The highest BCUT2D eigenvalue weighted by Gasteiger charge is 2.26. The molecule has 0 saturated carbocycles. The maximum absolute atomic E-state index is 6.46. The van der Waals surface area contributed by atoms with E-state index in [1.807, 2.05) is 6.20 Å². The molecule has 1 heterocycles. The lowest BCUT2D eigenvalue weighted by molar-refractivity contribution is 0.888. The third kappa shape index (κ3) is 3.68. The molecule has 0 saturated heterocycles. The van der Waals surface area contributed by atoms with Crippen molar-refractivity contribution in [2.24, 2.45) is 0 Å². The summed E-state index contributed by atoms with van der Waals surface area (Å²) in [6.07, 6.45) is 1.95. The maximum atomic E-state index is 6.46. The molecule has 0 fully saturated rings. The number of aromatic nitrogens is 1. The molecule has 0 aliphatic rings. The van der Waals surface area contributed by atoms with Gasteiger partial charge in [0, 0.05) is 23.5 Å². The number of hydrogen-bond donors (Lipinski definition) is 1. The van der Waals surface area contributed by atoms with Crippen LogP contribution in [0.3, 0.4) is 0 Å². The summed E-state index contributed by atoms with van der Waals surface area (Å²) in [5.41, 5.74) is 17.9. The normalized spacial score (nSPS) is 12.0. The van der Waals surface area contributed by atoms with E-state index in [2.05, 4.69) is 78.2 Å². The van der Waals surface area contributed by atoms with E-state index in [0.717, 1.165) is 22.5 Å². The van der Waals surface area contributed by atoms with Crippen molar-refractivity contribution in [2.75, 3.05) is 5.73 Å². The van der Waals surface area contributed by atoms with Crippen molar-refractivity contribution in [1.82, 2.24) is 4.98 Å². The Bertz CT molecular complexity index is 853. The second-order valence-corrected chi connectivity index (χ2v) is 7.32. The smallest absolute Gasteiger partial charge is 0.0417 e. The molecule has 1 aromatic carbocycles. The van der Waals surface area contributed by atoms with Gasteiger partial charge in [-0.2, -0.15) is 0 Å². The highest BCUT2D eigenvalue weighted by molar-refractivity contribution is 5.61. The van der Waals surface area contributed by atoms with E-state index in [-0.39, 0.29) is 5.92 Å². The molecule has 2 rings (SSSR count). The topological polar surface area (TPSA) is 38.9 Å². The molecular formula is C23H30N2. The predicted octanol–water partition coefficient (Wildman–Crippen LogP) is 5.94. The molecular weight excluding hydrogens is 304 g/mol. The van der Waals surface area contributed by atoms with E-state index in [0.29, 0.717) is 0 Å². The van der Waals surface area contributed by atoms with Gasteiger partial charge in [-0.15, -0.1) is 0 Å². The van der Waals surface area contributed by atoms with E-state index in [9.17, 15) is 0 Å². The Balaban J connectivity index is 2.90. The van der Waals surface area contributed by atoms with E-state index in [4.69, 9.17) is 5.73 Å². The minimum atomic E-state index is 0.0514. The van der Waals surface area contributed by atoms with Gasteiger partial charge in [0.1, 0.15) is 0 Å². The van der Waals surface area contributed by atoms with Crippen LogP contribution in [0.1, 0.15) is 60.2 Å². The van der Waals surface area contributed by atoms with Crippen molar-refractivity contribution in [3.63, 3.8) is 0 Å². The summed E-state index contributed by atoms with van der Waals surface area (Å²) < 4.78 is 0. The summed E-state index contributed by atoms with van der Waals surface area (Å²) in [5, 5.41) is 0. The molecule has 1 aromatic heterocycles. The van der Waals surface area contributed by atoms with Crippen molar-refractivity contribution >= 4 is 5.69 Å². The summed E-state index contributed by atoms with van der Waals surface area (Å²) in [4.78, 5) is 4.64. The molecule has 1 unspecified atom stereocenters. The first-order valence-corrected chi connectivity index (χ1v) is 8.77. The zero-order chi connectivity index (χ0) is 18.9. The predicted molar refractivity (Wildman–Crippen MR) is 109 cm³/mol. The van der Waals surface area contributed by atoms with E-state index >= 15 is 0 Å². The van der Waals surface area contributed by atoms with Gasteiger partial charge in [-0.25, -0.2) is 0 Å². The van der Waals surface area contributed by atoms with Crippen LogP contribution in [-0.4, -0.2) is 4.98 Å². The van der Waals surface area contributed by atoms with Gasteiger partial charge in [-0.3, -0.25) is 4.98 Å². The number of aryl methyl sites for hydroxylation is 3. The number of nitrogen functional groups attached to an aromatic ring is 1. The molecule has 0 spiro atoms. The fourth-order valence-electron chi connectivity index (χ4n) is 3.64. The van der Waals surface area contributed by atoms with Crippen molar-refractivity contribution in [1.29, 1.82) is 0 Å². The van der Waals surface area contributed by atoms with Crippen LogP contribution in [0, 0.1) is 27.7 Å². The van der Waals surface area contributed by atoms with Gasteiger partial charge >= 0.3 is 0 Å². The van der Waals surface area contributed by atoms with E-state index in [1.54, 1.807) is 0 Å². The quantitative estimate of drug-likeness (QED) is 0.555. The Morgan fingerprint density at radius 2 is 1.72 bits per heavy atom. The van der Waals surface area contributed by atoms with Crippen LogP contribution in [0.2, 0.25) is 0 Å². The zero-order valence-electron chi connectivity index (χ0n) is 16.6. The number of benzene rings is 1. The van der Waals surface area contributed by atoms with Gasteiger partial charge < -0.3 is 5.73 Å². The van der Waals surface area contributed by atoms with E-state index in [1.165, 1.54) is 33.4 Å². The second-order valence-electron chi connectivity index (χ2n) is 7.32. The number of nitrogens with zero attached hydrogens (tertiary/aromatic N) is 1. The van der Waals surface area contributed by atoms with Crippen molar-refractivity contribution < 1.29 is 0 Å². The second kappa shape index (κ2) is 7.26. The van der Waals surface area contributed by atoms with Crippen LogP contribution < -0.4 is 5.73 Å². The first-order chi connectivity index (χ1) is 11.6. The Labute approximate surface area is 152 Å². The van der Waals surface area contributed by atoms with Gasteiger partial charge in [-0.05, 0) is 87.9 Å². The number of hydrogen-bond acceptors (Lipinski definition) is 2. The van der Waals surface area contributed by atoms with Crippen LogP contribution in [0.5, 0.6) is 0 Å². The van der Waals surface area contributed by atoms with Crippen LogP contribution in [0.15, 0.2) is 47.7 Å². The lowest BCUT2D eigenvalue weighted by atomic mass is 9.77. The van der Waals surface area contributed by atoms with Gasteiger partial charge in [0.25, 0.3) is 0 Å². The molecule has 2 heteroatoms. The molecule has 0 radical (unpaired) electrons. The van der Waals surface area contributed by atoms with Crippen molar-refractivity contribution in [2.45, 2.75) is 54.4 Å². The Morgan fingerprint density at radius 1 is 1.08 bits per heavy atom. The summed E-state index contributed by atoms with van der Waals surface area (Å²) in [7, 11) is 0. The molecule has 0 amide bonds. The van der Waals surface area contributed by atoms with Crippen LogP contribution in [0.4, 0.5) is 5.69 Å². The fraction of sp³-hybridized carbons (Fsp3) is 0.348. The number of anilines is 1. The van der Waals surface area contributed by atoms with Crippen molar-refractivity contribution in [3.05, 3.63) is 81.2 Å². The molecule has 132 valence electrons. The molecule has 2 N–H and O–H groups in total. The summed E-state index contributed by atoms with van der Waals surface area (Å²) in [6, 6.07) is 6.34. The highest BCUT2D eigenvalue weighted by atomic mass is 14.7. The molecule has 25 heavy (non-hydrogen) atoms. The average Bonchev–Trinajstić information content (AvgIpc) is 2.50. The fourth-order valence-corrected chi connectivity index (χ4v) is 3.64. The van der Waals surface area contributed by atoms with Crippen molar-refractivity contribution in [3.8, 4) is 0 Å². The van der Waals surface area contributed by atoms with Crippen LogP contribution in [0.25, 0.3) is 0 Å². The molecule has 0 aliphatic carbocycles. The van der Waals surface area contributed by atoms with Gasteiger partial charge in [0.2, 0.25) is 0 Å². The number of allylic oxidation sites excluding steroid dienone is 3. The summed E-state index contributed by atoms with van der Waals surface area (Å²) >= 11 is 0. The largest absolute Gasteiger partial charge is 0.398 e. The van der Waals surface area contributed by atoms with Gasteiger partial charge in [0.15, 0.2) is 0 Å². The number of nitrogens with two attached hydrogens (primary N) is 1. The van der Waals surface area contributed by atoms with Crippen LogP contribution in [-0.2, 0) is 0 Å². The molecule has 2 aromatic rings. The van der Waals surface area contributed by atoms with E-state index < -0.39 is 0 Å². The highest BCUT2D eigenvalue weighted by Crippen LogP contribution is 2.42. The minimum absolute atomic E-state index is 0.0514. The number of pyridine rings is 1. The third-order valence-electron chi connectivity index (χ3n) is 4.97. The first-order valence-electron chi connectivity index (χ1n) is 8.77. The lowest BCUT2D eigenvalue weighted by Crippen LogP contribution is -2.14. The summed E-state index contributed by atoms with van der Waals surface area (Å²) in [6.45, 7) is 19.1. The lowest BCUT2D eigenvalue weighted by Gasteiger charge is -2.28. The average molecular weight is 335 g/mol. The molecule has 2 nitrogen and oxygen atoms in total. The monoisotopic (exact) mass is 334 g/mol. The van der Waals surface area contributed by atoms with Gasteiger partial charge in [0.05, 0.1) is 0 Å². The standard InChI is InChI=1S/C23H30N2/c1-13(2)21(14(3)4)23(19-10-9-15(5)11-20(19)24)22-17(7)16(6)12-25-18(22)8/h9-12,23H,1,24H2,2-8H3. The minimum Gasteiger partial charge on any atom is -0.398 e. The Hall–Kier alpha value is -2.35. The van der Waals surface area contributed by atoms with Gasteiger partial charge in [-0.1, -0.05) is 29.9 Å². The third-order valence-corrected chi connectivity index (χ3v) is 4.97. The first kappa shape index (κ1) is 19.0. The maximum Gasteiger partial charge on any atom is 0.0417 e.